The molecule has 0 aromatic rings. The van der Waals surface area contributed by atoms with Gasteiger partial charge in [0, 0.05) is 5.92 Å². The number of ether oxygens (including phenoxy) is 2. The van der Waals surface area contributed by atoms with Gasteiger partial charge in [-0.05, 0) is 13.8 Å². The molecule has 0 unspecified atom stereocenters. The highest BCUT2D eigenvalue weighted by Gasteiger charge is 2.61. The molecule has 3 aliphatic carbocycles. The zero-order valence-corrected chi connectivity index (χ0v) is 11.7. The standard InChI is InChI=1S/C14H16O6/c1-13-6-5-7(14(2,18)12(13)17)8(10(15)19-3)9(13)11(16)20-4/h5-7,18H,1-4H3/t7-,13+,14+/m1/s1. The Labute approximate surface area is 116 Å². The van der Waals surface area contributed by atoms with E-state index < -0.39 is 34.7 Å². The summed E-state index contributed by atoms with van der Waals surface area (Å²) in [5, 5.41) is 10.4. The summed E-state index contributed by atoms with van der Waals surface area (Å²) >= 11 is 0. The van der Waals surface area contributed by atoms with Crippen LogP contribution in [-0.2, 0) is 23.9 Å². The van der Waals surface area contributed by atoms with Gasteiger partial charge in [0.1, 0.15) is 5.60 Å². The van der Waals surface area contributed by atoms with Crippen molar-refractivity contribution in [3.8, 4) is 0 Å². The monoisotopic (exact) mass is 280 g/mol. The fourth-order valence-corrected chi connectivity index (χ4v) is 2.99. The van der Waals surface area contributed by atoms with Crippen molar-refractivity contribution in [1.29, 1.82) is 0 Å². The Morgan fingerprint density at radius 1 is 1.20 bits per heavy atom. The highest BCUT2D eigenvalue weighted by atomic mass is 16.5. The largest absolute Gasteiger partial charge is 0.466 e. The van der Waals surface area contributed by atoms with E-state index in [1.807, 2.05) is 0 Å². The summed E-state index contributed by atoms with van der Waals surface area (Å²) in [6, 6.07) is 0. The summed E-state index contributed by atoms with van der Waals surface area (Å²) in [7, 11) is 2.34. The van der Waals surface area contributed by atoms with Crippen molar-refractivity contribution in [3.63, 3.8) is 0 Å². The Bertz CT molecular complexity index is 568. The second kappa shape index (κ2) is 4.28. The Kier molecular flexibility index (Phi) is 3.09. The normalized spacial score (nSPS) is 35.2. The molecule has 0 radical (unpaired) electrons. The first-order valence-corrected chi connectivity index (χ1v) is 6.09. The van der Waals surface area contributed by atoms with E-state index in [1.54, 1.807) is 6.08 Å². The number of ketones is 1. The quantitative estimate of drug-likeness (QED) is 0.572. The van der Waals surface area contributed by atoms with Crippen LogP contribution in [0.3, 0.4) is 0 Å². The van der Waals surface area contributed by atoms with Crippen LogP contribution < -0.4 is 0 Å². The van der Waals surface area contributed by atoms with Crippen molar-refractivity contribution in [2.45, 2.75) is 19.4 Å². The summed E-state index contributed by atoms with van der Waals surface area (Å²) in [5.41, 5.74) is -3.23. The van der Waals surface area contributed by atoms with E-state index >= 15 is 0 Å². The number of esters is 2. The predicted molar refractivity (Wildman–Crippen MR) is 67.4 cm³/mol. The average Bonchev–Trinajstić information content (AvgIpc) is 2.42. The van der Waals surface area contributed by atoms with Crippen molar-refractivity contribution < 1.29 is 29.0 Å². The lowest BCUT2D eigenvalue weighted by Crippen LogP contribution is -2.59. The molecule has 1 N–H and O–H groups in total. The van der Waals surface area contributed by atoms with Crippen molar-refractivity contribution in [1.82, 2.24) is 0 Å². The number of methoxy groups -OCH3 is 2. The molecule has 0 aromatic heterocycles. The van der Waals surface area contributed by atoms with Gasteiger partial charge >= 0.3 is 11.9 Å². The minimum Gasteiger partial charge on any atom is -0.466 e. The van der Waals surface area contributed by atoms with Gasteiger partial charge in [-0.1, -0.05) is 12.2 Å². The molecule has 0 fully saturated rings. The lowest BCUT2D eigenvalue weighted by atomic mass is 9.56. The van der Waals surface area contributed by atoms with E-state index in [4.69, 9.17) is 0 Å². The number of hydrogen-bond donors (Lipinski definition) is 1. The molecule has 3 aliphatic rings. The van der Waals surface area contributed by atoms with Crippen LogP contribution in [0.1, 0.15) is 13.8 Å². The van der Waals surface area contributed by atoms with Crippen LogP contribution in [0.2, 0.25) is 0 Å². The van der Waals surface area contributed by atoms with Gasteiger partial charge in [0.25, 0.3) is 0 Å². The van der Waals surface area contributed by atoms with Gasteiger partial charge in [0.05, 0.1) is 30.8 Å². The van der Waals surface area contributed by atoms with Crippen molar-refractivity contribution in [2.75, 3.05) is 14.2 Å². The van der Waals surface area contributed by atoms with Crippen LogP contribution in [0.5, 0.6) is 0 Å². The van der Waals surface area contributed by atoms with E-state index in [0.717, 1.165) is 0 Å². The minimum absolute atomic E-state index is 0.0195. The van der Waals surface area contributed by atoms with Crippen LogP contribution in [0, 0.1) is 11.3 Å². The van der Waals surface area contributed by atoms with Gasteiger partial charge in [-0.3, -0.25) is 4.79 Å². The number of fused-ring (bicyclic) bond motifs is 1. The van der Waals surface area contributed by atoms with Crippen LogP contribution in [0.25, 0.3) is 0 Å². The van der Waals surface area contributed by atoms with Gasteiger partial charge in [0.15, 0.2) is 5.78 Å². The number of carbonyl (C=O) groups excluding carboxylic acids is 3. The second-order valence-electron chi connectivity index (χ2n) is 5.29. The van der Waals surface area contributed by atoms with Crippen molar-refractivity contribution in [3.05, 3.63) is 23.3 Å². The highest BCUT2D eigenvalue weighted by Crippen LogP contribution is 2.51. The molecule has 6 heteroatoms. The summed E-state index contributed by atoms with van der Waals surface area (Å²) < 4.78 is 9.36. The first-order valence-electron chi connectivity index (χ1n) is 6.09. The van der Waals surface area contributed by atoms with Crippen LogP contribution in [-0.4, -0.2) is 42.6 Å². The van der Waals surface area contributed by atoms with E-state index in [0.29, 0.717) is 0 Å². The lowest BCUT2D eigenvalue weighted by Gasteiger charge is -2.47. The molecule has 0 spiro atoms. The first kappa shape index (κ1) is 14.5. The maximum Gasteiger partial charge on any atom is 0.335 e. The van der Waals surface area contributed by atoms with Gasteiger partial charge in [-0.2, -0.15) is 0 Å². The minimum atomic E-state index is -1.76. The number of rotatable bonds is 2. The summed E-state index contributed by atoms with van der Waals surface area (Å²) in [5.74, 6) is -2.98. The first-order chi connectivity index (χ1) is 9.21. The van der Waals surface area contributed by atoms with Crippen LogP contribution >= 0.6 is 0 Å². The Hall–Kier alpha value is -1.95. The molecular formula is C14H16O6. The Balaban J connectivity index is 2.78. The molecule has 20 heavy (non-hydrogen) atoms. The molecule has 0 saturated carbocycles. The molecular weight excluding hydrogens is 264 g/mol. The number of Topliss-reactive ketones (excluding diaryl/α,β-unsaturated/α-hetero) is 1. The zero-order chi connectivity index (χ0) is 15.3. The summed E-state index contributed by atoms with van der Waals surface area (Å²) in [6.45, 7) is 2.81. The third-order valence-electron chi connectivity index (χ3n) is 4.05. The third-order valence-corrected chi connectivity index (χ3v) is 4.05. The van der Waals surface area contributed by atoms with Crippen LogP contribution in [0.15, 0.2) is 23.3 Å². The Morgan fingerprint density at radius 2 is 1.75 bits per heavy atom. The molecule has 0 saturated heterocycles. The predicted octanol–water partition coefficient (Wildman–Crippen LogP) is 0.155. The average molecular weight is 280 g/mol. The van der Waals surface area contributed by atoms with E-state index in [9.17, 15) is 19.5 Å². The van der Waals surface area contributed by atoms with Gasteiger partial charge in [-0.25, -0.2) is 9.59 Å². The number of aliphatic hydroxyl groups is 1. The lowest BCUT2D eigenvalue weighted by molar-refractivity contribution is -0.154. The third kappa shape index (κ3) is 1.57. The topological polar surface area (TPSA) is 89.9 Å². The molecule has 6 nitrogen and oxygen atoms in total. The molecule has 0 aliphatic heterocycles. The maximum atomic E-state index is 12.4. The van der Waals surface area contributed by atoms with Gasteiger partial charge < -0.3 is 14.6 Å². The smallest absolute Gasteiger partial charge is 0.335 e. The van der Waals surface area contributed by atoms with Gasteiger partial charge in [-0.15, -0.1) is 0 Å². The van der Waals surface area contributed by atoms with Crippen LogP contribution in [0.4, 0.5) is 0 Å². The summed E-state index contributed by atoms with van der Waals surface area (Å²) in [4.78, 5) is 36.4. The summed E-state index contributed by atoms with van der Waals surface area (Å²) in [6.07, 6.45) is 3.08. The number of allylic oxidation sites excluding steroid dienone is 1. The molecule has 2 bridgehead atoms. The fraction of sp³-hybridized carbons (Fsp3) is 0.500. The highest BCUT2D eigenvalue weighted by molar-refractivity contribution is 6.14. The van der Waals surface area contributed by atoms with Crippen molar-refractivity contribution >= 4 is 17.7 Å². The second-order valence-corrected chi connectivity index (χ2v) is 5.29. The van der Waals surface area contributed by atoms with E-state index in [1.165, 1.54) is 34.1 Å². The molecule has 0 amide bonds. The molecule has 0 aromatic carbocycles. The van der Waals surface area contributed by atoms with E-state index in [2.05, 4.69) is 9.47 Å². The van der Waals surface area contributed by atoms with Crippen molar-refractivity contribution in [2.24, 2.45) is 11.3 Å². The maximum absolute atomic E-state index is 12.4. The number of hydrogen-bond acceptors (Lipinski definition) is 6. The van der Waals surface area contributed by atoms with E-state index in [-0.39, 0.29) is 11.1 Å². The number of carbonyl (C=O) groups is 3. The Morgan fingerprint density at radius 3 is 2.25 bits per heavy atom. The molecule has 0 heterocycles. The fourth-order valence-electron chi connectivity index (χ4n) is 2.99. The molecule has 3 rings (SSSR count). The SMILES string of the molecule is COC(=O)C1=C(C(=O)OC)[C@]2(C)C=C[C@H]1[C@](C)(O)C2=O. The molecule has 108 valence electrons. The van der Waals surface area contributed by atoms with Gasteiger partial charge in [0.2, 0.25) is 0 Å². The molecule has 3 atom stereocenters. The zero-order valence-electron chi connectivity index (χ0n) is 11.7.